The van der Waals surface area contributed by atoms with Crippen LogP contribution >= 0.6 is 0 Å². The first-order valence-electron chi connectivity index (χ1n) is 8.16. The summed E-state index contributed by atoms with van der Waals surface area (Å²) in [5.74, 6) is 0.741. The molecule has 0 bridgehead atoms. The molecule has 1 saturated carbocycles. The molecule has 0 aliphatic heterocycles. The van der Waals surface area contributed by atoms with Crippen LogP contribution in [0.2, 0.25) is 0 Å². The van der Waals surface area contributed by atoms with Crippen molar-refractivity contribution < 1.29 is 9.21 Å². The molecule has 2 amide bonds. The molecule has 1 heterocycles. The number of hydrogen-bond acceptors (Lipinski definition) is 3. The van der Waals surface area contributed by atoms with Crippen molar-refractivity contribution in [1.29, 1.82) is 0 Å². The minimum absolute atomic E-state index is 0.134. The van der Waals surface area contributed by atoms with E-state index < -0.39 is 0 Å². The van der Waals surface area contributed by atoms with E-state index in [0.717, 1.165) is 43.6 Å². The van der Waals surface area contributed by atoms with Crippen LogP contribution in [0.3, 0.4) is 0 Å². The molecule has 2 aromatic rings. The Bertz CT molecular complexity index is 645. The molecule has 1 aliphatic carbocycles. The van der Waals surface area contributed by atoms with Crippen molar-refractivity contribution >= 4 is 6.03 Å². The second kappa shape index (κ2) is 6.86. The Morgan fingerprint density at radius 3 is 2.65 bits per heavy atom. The first-order chi connectivity index (χ1) is 11.2. The number of carbonyl (C=O) groups excluding carboxylic acids is 1. The smallest absolute Gasteiger partial charge is 0.315 e. The molecule has 1 fully saturated rings. The molecule has 0 spiro atoms. The third kappa shape index (κ3) is 3.92. The van der Waals surface area contributed by atoms with Crippen LogP contribution in [0.4, 0.5) is 4.79 Å². The van der Waals surface area contributed by atoms with Gasteiger partial charge in [-0.1, -0.05) is 43.2 Å². The van der Waals surface area contributed by atoms with Crippen LogP contribution in [0.15, 0.2) is 41.1 Å². The number of aromatic nitrogens is 1. The molecule has 3 rings (SSSR count). The van der Waals surface area contributed by atoms with Crippen molar-refractivity contribution in [3.8, 4) is 0 Å². The first-order valence-corrected chi connectivity index (χ1v) is 8.16. The normalized spacial score (nSPS) is 16.2. The van der Waals surface area contributed by atoms with Gasteiger partial charge < -0.3 is 15.1 Å². The summed E-state index contributed by atoms with van der Waals surface area (Å²) in [6, 6.07) is 10.2. The van der Waals surface area contributed by atoms with Gasteiger partial charge in [0.25, 0.3) is 0 Å². The van der Waals surface area contributed by atoms with Gasteiger partial charge in [-0.3, -0.25) is 0 Å². The predicted molar refractivity (Wildman–Crippen MR) is 88.0 cm³/mol. The second-order valence-electron chi connectivity index (χ2n) is 6.31. The molecule has 1 aromatic heterocycles. The monoisotopic (exact) mass is 313 g/mol. The van der Waals surface area contributed by atoms with Gasteiger partial charge in [-0.05, 0) is 31.7 Å². The zero-order chi connectivity index (χ0) is 16.1. The summed E-state index contributed by atoms with van der Waals surface area (Å²) in [6.07, 6.45) is 6.66. The molecule has 0 atom stereocenters. The molecule has 1 aliphatic rings. The van der Waals surface area contributed by atoms with E-state index in [2.05, 4.69) is 27.8 Å². The van der Waals surface area contributed by atoms with Crippen molar-refractivity contribution in [2.45, 2.75) is 51.1 Å². The zero-order valence-corrected chi connectivity index (χ0v) is 13.5. The minimum atomic E-state index is -0.135. The summed E-state index contributed by atoms with van der Waals surface area (Å²) in [6.45, 7) is 2.23. The van der Waals surface area contributed by atoms with E-state index in [1.807, 2.05) is 25.1 Å². The Kier molecular flexibility index (Phi) is 4.65. The maximum absolute atomic E-state index is 12.3. The number of rotatable bonds is 5. The Morgan fingerprint density at radius 2 is 2.00 bits per heavy atom. The van der Waals surface area contributed by atoms with Gasteiger partial charge >= 0.3 is 6.03 Å². The Hall–Kier alpha value is -2.30. The van der Waals surface area contributed by atoms with Gasteiger partial charge in [-0.25, -0.2) is 9.78 Å². The van der Waals surface area contributed by atoms with Crippen molar-refractivity contribution in [2.24, 2.45) is 0 Å². The lowest BCUT2D eigenvalue weighted by Crippen LogP contribution is -2.51. The lowest BCUT2D eigenvalue weighted by Gasteiger charge is -2.30. The Morgan fingerprint density at radius 1 is 1.26 bits per heavy atom. The molecule has 0 unspecified atom stereocenters. The zero-order valence-electron chi connectivity index (χ0n) is 13.5. The van der Waals surface area contributed by atoms with E-state index >= 15 is 0 Å². The summed E-state index contributed by atoms with van der Waals surface area (Å²) >= 11 is 0. The largest absolute Gasteiger partial charge is 0.448 e. The van der Waals surface area contributed by atoms with Crippen LogP contribution < -0.4 is 10.6 Å². The van der Waals surface area contributed by atoms with Crippen LogP contribution in [0.25, 0.3) is 0 Å². The van der Waals surface area contributed by atoms with Gasteiger partial charge in [0.05, 0.1) is 6.54 Å². The Labute approximate surface area is 136 Å². The first kappa shape index (κ1) is 15.6. The second-order valence-corrected chi connectivity index (χ2v) is 6.31. The number of aryl methyl sites for hydroxylation is 1. The van der Waals surface area contributed by atoms with Crippen LogP contribution in [-0.4, -0.2) is 16.6 Å². The van der Waals surface area contributed by atoms with Crippen molar-refractivity contribution in [3.05, 3.63) is 53.7 Å². The molecular weight excluding hydrogens is 290 g/mol. The van der Waals surface area contributed by atoms with Crippen molar-refractivity contribution in [3.63, 3.8) is 0 Å². The molecule has 2 N–H and O–H groups in total. The highest BCUT2D eigenvalue weighted by Crippen LogP contribution is 2.32. The van der Waals surface area contributed by atoms with Crippen LogP contribution in [-0.2, 0) is 13.0 Å². The van der Waals surface area contributed by atoms with Gasteiger partial charge in [0.15, 0.2) is 6.39 Å². The van der Waals surface area contributed by atoms with Gasteiger partial charge in [0, 0.05) is 5.54 Å². The van der Waals surface area contributed by atoms with Crippen LogP contribution in [0.1, 0.15) is 42.7 Å². The van der Waals surface area contributed by atoms with E-state index in [4.69, 9.17) is 4.42 Å². The fourth-order valence-electron chi connectivity index (χ4n) is 3.33. The van der Waals surface area contributed by atoms with Crippen LogP contribution in [0.5, 0.6) is 0 Å². The number of urea groups is 1. The fourth-order valence-corrected chi connectivity index (χ4v) is 3.33. The van der Waals surface area contributed by atoms with Gasteiger partial charge in [-0.15, -0.1) is 0 Å². The molecule has 0 saturated heterocycles. The number of nitrogens with one attached hydrogen (secondary N) is 2. The average molecular weight is 313 g/mol. The predicted octanol–water partition coefficient (Wildman–Crippen LogP) is 3.34. The molecule has 23 heavy (non-hydrogen) atoms. The number of hydrogen-bond donors (Lipinski definition) is 2. The van der Waals surface area contributed by atoms with Gasteiger partial charge in [0.1, 0.15) is 11.5 Å². The number of benzene rings is 1. The third-order valence-corrected chi connectivity index (χ3v) is 4.59. The lowest BCUT2D eigenvalue weighted by molar-refractivity contribution is 0.223. The standard InChI is InChI=1S/C18H23N3O2/c1-14-16(20-13-23-14)12-19-17(22)21-18(9-5-6-10-18)11-15-7-3-2-4-8-15/h2-4,7-8,13H,5-6,9-12H2,1H3,(H2,19,21,22). The van der Waals surface area contributed by atoms with Crippen molar-refractivity contribution in [1.82, 2.24) is 15.6 Å². The summed E-state index contributed by atoms with van der Waals surface area (Å²) in [4.78, 5) is 16.4. The SMILES string of the molecule is Cc1ocnc1CNC(=O)NC1(Cc2ccccc2)CCCC1. The number of oxazole rings is 1. The van der Waals surface area contributed by atoms with E-state index in [1.54, 1.807) is 0 Å². The highest BCUT2D eigenvalue weighted by atomic mass is 16.3. The molecule has 0 radical (unpaired) electrons. The van der Waals surface area contributed by atoms with E-state index in [0.29, 0.717) is 6.54 Å². The number of carbonyl (C=O) groups is 1. The minimum Gasteiger partial charge on any atom is -0.448 e. The molecule has 5 nitrogen and oxygen atoms in total. The Balaban J connectivity index is 1.60. The van der Waals surface area contributed by atoms with E-state index in [1.165, 1.54) is 12.0 Å². The van der Waals surface area contributed by atoms with Crippen LogP contribution in [0, 0.1) is 6.92 Å². The topological polar surface area (TPSA) is 67.2 Å². The molecule has 122 valence electrons. The number of nitrogens with zero attached hydrogens (tertiary/aromatic N) is 1. The van der Waals surface area contributed by atoms with Crippen molar-refractivity contribution in [2.75, 3.05) is 0 Å². The fraction of sp³-hybridized carbons (Fsp3) is 0.444. The lowest BCUT2D eigenvalue weighted by atomic mass is 9.89. The molecule has 1 aromatic carbocycles. The van der Waals surface area contributed by atoms with Gasteiger partial charge in [-0.2, -0.15) is 0 Å². The summed E-state index contributed by atoms with van der Waals surface area (Å²) in [5.41, 5.74) is 1.90. The van der Waals surface area contributed by atoms with Gasteiger partial charge in [0.2, 0.25) is 0 Å². The quantitative estimate of drug-likeness (QED) is 0.889. The summed E-state index contributed by atoms with van der Waals surface area (Å²) in [5, 5.41) is 6.11. The highest BCUT2D eigenvalue weighted by molar-refractivity contribution is 5.74. The summed E-state index contributed by atoms with van der Waals surface area (Å²) in [7, 11) is 0. The molecule has 5 heteroatoms. The maximum Gasteiger partial charge on any atom is 0.315 e. The van der Waals surface area contributed by atoms with E-state index in [9.17, 15) is 4.79 Å². The highest BCUT2D eigenvalue weighted by Gasteiger charge is 2.35. The maximum atomic E-state index is 12.3. The third-order valence-electron chi connectivity index (χ3n) is 4.59. The number of amides is 2. The molecular formula is C18H23N3O2. The summed E-state index contributed by atoms with van der Waals surface area (Å²) < 4.78 is 5.15. The van der Waals surface area contributed by atoms with E-state index in [-0.39, 0.29) is 11.6 Å². The average Bonchev–Trinajstić information content (AvgIpc) is 3.16.